The maximum Gasteiger partial charge on any atom is 0.262 e. The topological polar surface area (TPSA) is 58.2 Å². The van der Waals surface area contributed by atoms with E-state index in [4.69, 9.17) is 0 Å². The van der Waals surface area contributed by atoms with Crippen LogP contribution in [-0.4, -0.2) is 15.0 Å². The van der Waals surface area contributed by atoms with Crippen LogP contribution in [0.4, 0.5) is 5.69 Å². The largest absolute Gasteiger partial charge is 0.313 e. The zero-order chi connectivity index (χ0) is 15.3. The Balaban J connectivity index is 2.34. The van der Waals surface area contributed by atoms with Gasteiger partial charge in [-0.3, -0.25) is 4.72 Å². The standard InChI is InChI=1S/C15H17BrN2O2S/c1-2-17-11-12-7-3-6-10-15(12)21(19,20)18-14-9-5-4-8-13(14)16/h3-10,17-18H,2,11H2,1H3. The summed E-state index contributed by atoms with van der Waals surface area (Å²) in [6, 6.07) is 14.1. The van der Waals surface area contributed by atoms with Gasteiger partial charge < -0.3 is 5.32 Å². The molecule has 0 radical (unpaired) electrons. The Bertz CT molecular complexity index is 717. The van der Waals surface area contributed by atoms with Crippen LogP contribution in [0.5, 0.6) is 0 Å². The van der Waals surface area contributed by atoms with E-state index in [-0.39, 0.29) is 0 Å². The highest BCUT2D eigenvalue weighted by molar-refractivity contribution is 9.10. The molecule has 0 atom stereocenters. The van der Waals surface area contributed by atoms with Crippen LogP contribution in [0.1, 0.15) is 12.5 Å². The maximum atomic E-state index is 12.6. The van der Waals surface area contributed by atoms with Crippen LogP contribution >= 0.6 is 15.9 Å². The fraction of sp³-hybridized carbons (Fsp3) is 0.200. The van der Waals surface area contributed by atoms with E-state index in [9.17, 15) is 8.42 Å². The first kappa shape index (κ1) is 16.0. The average molecular weight is 369 g/mol. The number of nitrogens with one attached hydrogen (secondary N) is 2. The van der Waals surface area contributed by atoms with E-state index in [2.05, 4.69) is 26.0 Å². The molecule has 2 aromatic rings. The molecule has 6 heteroatoms. The first-order valence-corrected chi connectivity index (χ1v) is 8.88. The van der Waals surface area contributed by atoms with Crippen LogP contribution in [0, 0.1) is 0 Å². The van der Waals surface area contributed by atoms with Gasteiger partial charge in [0.05, 0.1) is 10.6 Å². The van der Waals surface area contributed by atoms with Crippen molar-refractivity contribution in [3.63, 3.8) is 0 Å². The van der Waals surface area contributed by atoms with Crippen molar-refractivity contribution in [1.82, 2.24) is 5.32 Å². The van der Waals surface area contributed by atoms with Crippen molar-refractivity contribution in [2.45, 2.75) is 18.4 Å². The molecular formula is C15H17BrN2O2S. The number of anilines is 1. The molecule has 21 heavy (non-hydrogen) atoms. The maximum absolute atomic E-state index is 12.6. The van der Waals surface area contributed by atoms with Crippen molar-refractivity contribution in [3.8, 4) is 0 Å². The van der Waals surface area contributed by atoms with Gasteiger partial charge in [-0.1, -0.05) is 37.3 Å². The van der Waals surface area contributed by atoms with Gasteiger partial charge in [-0.2, -0.15) is 0 Å². The number of hydrogen-bond donors (Lipinski definition) is 2. The number of rotatable bonds is 6. The highest BCUT2D eigenvalue weighted by atomic mass is 79.9. The molecule has 0 aromatic heterocycles. The van der Waals surface area contributed by atoms with Crippen LogP contribution in [0.3, 0.4) is 0 Å². The fourth-order valence-corrected chi connectivity index (χ4v) is 3.75. The van der Waals surface area contributed by atoms with E-state index >= 15 is 0 Å². The zero-order valence-electron chi connectivity index (χ0n) is 11.6. The molecule has 2 aromatic carbocycles. The molecule has 0 aliphatic rings. The third kappa shape index (κ3) is 4.06. The lowest BCUT2D eigenvalue weighted by molar-refractivity contribution is 0.598. The second-order valence-corrected chi connectivity index (χ2v) is 6.98. The minimum atomic E-state index is -3.62. The molecule has 0 amide bonds. The van der Waals surface area contributed by atoms with Crippen LogP contribution < -0.4 is 10.0 Å². The van der Waals surface area contributed by atoms with Crippen molar-refractivity contribution < 1.29 is 8.42 Å². The van der Waals surface area contributed by atoms with Gasteiger partial charge in [0.1, 0.15) is 0 Å². The van der Waals surface area contributed by atoms with Gasteiger partial charge in [-0.15, -0.1) is 0 Å². The van der Waals surface area contributed by atoms with Crippen molar-refractivity contribution in [1.29, 1.82) is 0 Å². The molecule has 0 unspecified atom stereocenters. The molecule has 0 bridgehead atoms. The number of benzene rings is 2. The summed E-state index contributed by atoms with van der Waals surface area (Å²) < 4.78 is 28.5. The lowest BCUT2D eigenvalue weighted by atomic mass is 10.2. The summed E-state index contributed by atoms with van der Waals surface area (Å²) in [5, 5.41) is 3.15. The highest BCUT2D eigenvalue weighted by Crippen LogP contribution is 2.25. The van der Waals surface area contributed by atoms with Gasteiger partial charge in [0.25, 0.3) is 10.0 Å². The fourth-order valence-electron chi connectivity index (χ4n) is 1.92. The first-order valence-electron chi connectivity index (χ1n) is 6.60. The quantitative estimate of drug-likeness (QED) is 0.821. The molecule has 0 aliphatic carbocycles. The first-order chi connectivity index (χ1) is 10.0. The Hall–Kier alpha value is -1.37. The van der Waals surface area contributed by atoms with Crippen molar-refractivity contribution in [2.24, 2.45) is 0 Å². The van der Waals surface area contributed by atoms with Gasteiger partial charge in [0.15, 0.2) is 0 Å². The molecule has 4 nitrogen and oxygen atoms in total. The minimum Gasteiger partial charge on any atom is -0.313 e. The number of halogens is 1. The van der Waals surface area contributed by atoms with Gasteiger partial charge >= 0.3 is 0 Å². The molecular weight excluding hydrogens is 352 g/mol. The van der Waals surface area contributed by atoms with Gasteiger partial charge in [0.2, 0.25) is 0 Å². The van der Waals surface area contributed by atoms with Crippen LogP contribution in [0.15, 0.2) is 57.9 Å². The van der Waals surface area contributed by atoms with E-state index in [0.717, 1.165) is 12.1 Å². The zero-order valence-corrected chi connectivity index (χ0v) is 14.0. The van der Waals surface area contributed by atoms with Crippen LogP contribution in [0.2, 0.25) is 0 Å². The van der Waals surface area contributed by atoms with E-state index < -0.39 is 10.0 Å². The summed E-state index contributed by atoms with van der Waals surface area (Å²) in [6.07, 6.45) is 0. The van der Waals surface area contributed by atoms with Crippen molar-refractivity contribution in [2.75, 3.05) is 11.3 Å². The summed E-state index contributed by atoms with van der Waals surface area (Å²) in [7, 11) is -3.62. The molecule has 0 saturated carbocycles. The van der Waals surface area contributed by atoms with E-state index in [1.54, 1.807) is 30.3 Å². The summed E-state index contributed by atoms with van der Waals surface area (Å²) in [6.45, 7) is 3.28. The van der Waals surface area contributed by atoms with Crippen molar-refractivity contribution in [3.05, 3.63) is 58.6 Å². The summed E-state index contributed by atoms with van der Waals surface area (Å²) in [5.41, 5.74) is 1.27. The predicted octanol–water partition coefficient (Wildman–Crippen LogP) is 3.36. The molecule has 2 N–H and O–H groups in total. The molecule has 0 spiro atoms. The molecule has 0 saturated heterocycles. The SMILES string of the molecule is CCNCc1ccccc1S(=O)(=O)Nc1ccccc1Br. The lowest BCUT2D eigenvalue weighted by Crippen LogP contribution is -2.19. The summed E-state index contributed by atoms with van der Waals surface area (Å²) >= 11 is 3.34. The number of hydrogen-bond acceptors (Lipinski definition) is 3. The van der Waals surface area contributed by atoms with E-state index in [1.807, 2.05) is 25.1 Å². The van der Waals surface area contributed by atoms with Gasteiger partial charge in [-0.25, -0.2) is 8.42 Å². The molecule has 112 valence electrons. The monoisotopic (exact) mass is 368 g/mol. The summed E-state index contributed by atoms with van der Waals surface area (Å²) in [4.78, 5) is 0.293. The Morgan fingerprint density at radius 3 is 2.43 bits per heavy atom. The van der Waals surface area contributed by atoms with Gasteiger partial charge in [-0.05, 0) is 46.2 Å². The van der Waals surface area contributed by atoms with E-state index in [1.165, 1.54) is 0 Å². The molecule has 0 fully saturated rings. The Morgan fingerprint density at radius 1 is 1.05 bits per heavy atom. The van der Waals surface area contributed by atoms with Crippen molar-refractivity contribution >= 4 is 31.6 Å². The Morgan fingerprint density at radius 2 is 1.71 bits per heavy atom. The minimum absolute atomic E-state index is 0.293. The smallest absolute Gasteiger partial charge is 0.262 e. The van der Waals surface area contributed by atoms with Crippen LogP contribution in [-0.2, 0) is 16.6 Å². The molecule has 2 rings (SSSR count). The molecule has 0 heterocycles. The number of para-hydroxylation sites is 1. The second kappa shape index (κ2) is 7.06. The van der Waals surface area contributed by atoms with Gasteiger partial charge in [0, 0.05) is 11.0 Å². The predicted molar refractivity (Wildman–Crippen MR) is 88.8 cm³/mol. The lowest BCUT2D eigenvalue weighted by Gasteiger charge is -2.13. The third-order valence-electron chi connectivity index (χ3n) is 2.95. The summed E-state index contributed by atoms with van der Waals surface area (Å²) in [5.74, 6) is 0. The van der Waals surface area contributed by atoms with Crippen LogP contribution in [0.25, 0.3) is 0 Å². The Labute approximate surface area is 133 Å². The third-order valence-corrected chi connectivity index (χ3v) is 5.10. The average Bonchev–Trinajstić information content (AvgIpc) is 2.47. The number of sulfonamides is 1. The second-order valence-electron chi connectivity index (χ2n) is 4.47. The van der Waals surface area contributed by atoms with E-state index in [0.29, 0.717) is 21.6 Å². The highest BCUT2D eigenvalue weighted by Gasteiger charge is 2.18. The Kier molecular flexibility index (Phi) is 5.39. The normalized spacial score (nSPS) is 11.3. The molecule has 0 aliphatic heterocycles.